The molecular formula is C26H21N5O4S. The minimum Gasteiger partial charge on any atom is -0.319 e. The van der Waals surface area contributed by atoms with Gasteiger partial charge in [-0.05, 0) is 36.5 Å². The van der Waals surface area contributed by atoms with Crippen molar-refractivity contribution in [2.75, 3.05) is 12.0 Å². The van der Waals surface area contributed by atoms with Crippen LogP contribution in [0.4, 0.5) is 4.79 Å². The number of nitrogens with one attached hydrogen (secondary N) is 2. The van der Waals surface area contributed by atoms with Gasteiger partial charge in [0.1, 0.15) is 23.2 Å². The van der Waals surface area contributed by atoms with Gasteiger partial charge in [0.05, 0.1) is 5.39 Å². The maximum atomic E-state index is 13.3. The van der Waals surface area contributed by atoms with Crippen molar-refractivity contribution in [2.45, 2.75) is 25.3 Å². The second-order valence-corrected chi connectivity index (χ2v) is 10.1. The SMILES string of the molecule is Cc1sc2ncn(NC(=O)CN3C(=O)NC4(CCc5ccccc54)C3=O)c(=O)c2c1-c1ccccc1. The predicted molar refractivity (Wildman–Crippen MR) is 135 cm³/mol. The molecule has 0 bridgehead atoms. The van der Waals surface area contributed by atoms with E-state index in [1.54, 1.807) is 0 Å². The number of rotatable bonds is 4. The van der Waals surface area contributed by atoms with E-state index in [-0.39, 0.29) is 0 Å². The summed E-state index contributed by atoms with van der Waals surface area (Å²) in [4.78, 5) is 59.0. The molecule has 1 unspecified atom stereocenters. The monoisotopic (exact) mass is 499 g/mol. The number of hydrogen-bond donors (Lipinski definition) is 2. The first kappa shape index (κ1) is 22.2. The van der Waals surface area contributed by atoms with Crippen LogP contribution in [0.2, 0.25) is 0 Å². The third kappa shape index (κ3) is 3.25. The summed E-state index contributed by atoms with van der Waals surface area (Å²) in [5.74, 6) is -1.15. The number of thiophene rings is 1. The first-order chi connectivity index (χ1) is 17.4. The lowest BCUT2D eigenvalue weighted by atomic mass is 9.92. The van der Waals surface area contributed by atoms with E-state index in [2.05, 4.69) is 15.7 Å². The van der Waals surface area contributed by atoms with Crippen LogP contribution in [0.15, 0.2) is 65.7 Å². The quantitative estimate of drug-likeness (QED) is 0.419. The van der Waals surface area contributed by atoms with Gasteiger partial charge in [0, 0.05) is 10.4 Å². The van der Waals surface area contributed by atoms with Crippen LogP contribution in [0.25, 0.3) is 21.3 Å². The number of benzene rings is 2. The van der Waals surface area contributed by atoms with E-state index in [1.165, 1.54) is 17.7 Å². The number of hydrogen-bond acceptors (Lipinski definition) is 6. The Balaban J connectivity index is 1.27. The second kappa shape index (κ2) is 8.13. The Bertz CT molecular complexity index is 1630. The average Bonchev–Trinajstić information content (AvgIpc) is 3.50. The lowest BCUT2D eigenvalue weighted by molar-refractivity contribution is -0.134. The highest BCUT2D eigenvalue weighted by Crippen LogP contribution is 2.41. The Morgan fingerprint density at radius 2 is 1.86 bits per heavy atom. The Kier molecular flexibility index (Phi) is 5.01. The first-order valence-electron chi connectivity index (χ1n) is 11.5. The van der Waals surface area contributed by atoms with Gasteiger partial charge in [-0.25, -0.2) is 14.5 Å². The Morgan fingerprint density at radius 3 is 2.67 bits per heavy atom. The van der Waals surface area contributed by atoms with E-state index >= 15 is 0 Å². The molecule has 4 aromatic rings. The summed E-state index contributed by atoms with van der Waals surface area (Å²) in [7, 11) is 0. The molecule has 36 heavy (non-hydrogen) atoms. The highest BCUT2D eigenvalue weighted by atomic mass is 32.1. The normalized spacial score (nSPS) is 18.6. The average molecular weight is 500 g/mol. The minimum atomic E-state index is -1.15. The molecule has 0 saturated carbocycles. The molecule has 2 aliphatic rings. The maximum absolute atomic E-state index is 13.3. The number of urea groups is 1. The van der Waals surface area contributed by atoms with Gasteiger partial charge < -0.3 is 5.32 Å². The number of imide groups is 1. The van der Waals surface area contributed by atoms with Crippen LogP contribution in [0.3, 0.4) is 0 Å². The molecule has 1 fully saturated rings. The maximum Gasteiger partial charge on any atom is 0.325 e. The number of fused-ring (bicyclic) bond motifs is 3. The van der Waals surface area contributed by atoms with Crippen LogP contribution in [-0.4, -0.2) is 39.0 Å². The van der Waals surface area contributed by atoms with Gasteiger partial charge in [0.2, 0.25) is 0 Å². The molecule has 4 amide bonds. The molecule has 10 heteroatoms. The van der Waals surface area contributed by atoms with Crippen molar-refractivity contribution >= 4 is 39.4 Å². The molecule has 6 rings (SSSR count). The number of aryl methyl sites for hydroxylation is 2. The topological polar surface area (TPSA) is 113 Å². The summed E-state index contributed by atoms with van der Waals surface area (Å²) in [5, 5.41) is 3.20. The number of aromatic nitrogens is 2. The van der Waals surface area contributed by atoms with Crippen molar-refractivity contribution in [1.82, 2.24) is 19.9 Å². The van der Waals surface area contributed by atoms with Crippen LogP contribution in [0.5, 0.6) is 0 Å². The van der Waals surface area contributed by atoms with Crippen LogP contribution in [-0.2, 0) is 21.5 Å². The van der Waals surface area contributed by atoms with Crippen molar-refractivity contribution < 1.29 is 14.4 Å². The molecule has 2 aromatic heterocycles. The zero-order valence-electron chi connectivity index (χ0n) is 19.3. The molecule has 1 aliphatic carbocycles. The molecule has 0 radical (unpaired) electrons. The summed E-state index contributed by atoms with van der Waals surface area (Å²) >= 11 is 1.40. The van der Waals surface area contributed by atoms with E-state index in [0.29, 0.717) is 23.1 Å². The summed E-state index contributed by atoms with van der Waals surface area (Å²) < 4.78 is 1.00. The molecule has 2 N–H and O–H groups in total. The Hall–Kier alpha value is -4.31. The summed E-state index contributed by atoms with van der Waals surface area (Å²) in [5.41, 5.74) is 4.32. The van der Waals surface area contributed by atoms with Gasteiger partial charge in [-0.3, -0.25) is 24.7 Å². The summed E-state index contributed by atoms with van der Waals surface area (Å²) in [6.07, 6.45) is 2.34. The fourth-order valence-electron chi connectivity index (χ4n) is 5.18. The fourth-order valence-corrected chi connectivity index (χ4v) is 6.18. The zero-order valence-corrected chi connectivity index (χ0v) is 20.1. The predicted octanol–water partition coefficient (Wildman–Crippen LogP) is 2.90. The standard InChI is InChI=1S/C26H21N5O4S/c1-15-20(17-8-3-2-4-9-17)21-22(36-15)27-14-31(23(21)33)29-19(32)13-30-24(34)26(28-25(30)35)12-11-16-7-5-6-10-18(16)26/h2-10,14H,11-13H2,1H3,(H,28,35)(H,29,32). The number of nitrogens with zero attached hydrogens (tertiary/aromatic N) is 3. The van der Waals surface area contributed by atoms with E-state index in [1.807, 2.05) is 61.5 Å². The molecule has 1 atom stereocenters. The van der Waals surface area contributed by atoms with Crippen LogP contribution >= 0.6 is 11.3 Å². The lowest BCUT2D eigenvalue weighted by Crippen LogP contribution is -2.44. The van der Waals surface area contributed by atoms with Crippen molar-refractivity contribution in [3.8, 4) is 11.1 Å². The third-order valence-corrected chi connectivity index (χ3v) is 7.83. The number of carbonyl (C=O) groups excluding carboxylic acids is 3. The highest BCUT2D eigenvalue weighted by molar-refractivity contribution is 7.19. The number of amides is 4. The molecule has 3 heterocycles. The molecule has 9 nitrogen and oxygen atoms in total. The Labute approximate surface area is 209 Å². The van der Waals surface area contributed by atoms with Crippen molar-refractivity contribution in [2.24, 2.45) is 0 Å². The lowest BCUT2D eigenvalue weighted by Gasteiger charge is -2.22. The third-order valence-electron chi connectivity index (χ3n) is 6.82. The minimum absolute atomic E-state index is 0.406. The van der Waals surface area contributed by atoms with Crippen LogP contribution in [0.1, 0.15) is 22.4 Å². The molecular weight excluding hydrogens is 478 g/mol. The molecule has 2 aromatic carbocycles. The van der Waals surface area contributed by atoms with Gasteiger partial charge in [-0.1, -0.05) is 54.6 Å². The fraction of sp³-hybridized carbons (Fsp3) is 0.192. The Morgan fingerprint density at radius 1 is 1.11 bits per heavy atom. The molecule has 1 saturated heterocycles. The summed E-state index contributed by atoms with van der Waals surface area (Å²) in [6, 6.07) is 16.4. The van der Waals surface area contributed by atoms with Gasteiger partial charge in [-0.15, -0.1) is 11.3 Å². The first-order valence-corrected chi connectivity index (χ1v) is 12.3. The van der Waals surface area contributed by atoms with Gasteiger partial charge in [-0.2, -0.15) is 0 Å². The summed E-state index contributed by atoms with van der Waals surface area (Å²) in [6.45, 7) is 1.40. The smallest absolute Gasteiger partial charge is 0.319 e. The van der Waals surface area contributed by atoms with Crippen molar-refractivity contribution in [3.63, 3.8) is 0 Å². The van der Waals surface area contributed by atoms with E-state index in [0.717, 1.165) is 36.7 Å². The van der Waals surface area contributed by atoms with E-state index < -0.39 is 35.5 Å². The zero-order chi connectivity index (χ0) is 25.0. The highest BCUT2D eigenvalue weighted by Gasteiger charge is 2.55. The van der Waals surface area contributed by atoms with Crippen molar-refractivity contribution in [3.05, 3.63) is 87.3 Å². The number of carbonyl (C=O) groups is 3. The van der Waals surface area contributed by atoms with E-state index in [9.17, 15) is 19.2 Å². The van der Waals surface area contributed by atoms with Gasteiger partial charge in [0.15, 0.2) is 0 Å². The largest absolute Gasteiger partial charge is 0.325 e. The van der Waals surface area contributed by atoms with Crippen LogP contribution < -0.4 is 16.3 Å². The molecule has 1 spiro atoms. The van der Waals surface area contributed by atoms with Gasteiger partial charge in [0.25, 0.3) is 17.4 Å². The van der Waals surface area contributed by atoms with E-state index in [4.69, 9.17) is 0 Å². The molecule has 1 aliphatic heterocycles. The van der Waals surface area contributed by atoms with Gasteiger partial charge >= 0.3 is 6.03 Å². The van der Waals surface area contributed by atoms with Crippen LogP contribution in [0, 0.1) is 6.92 Å². The second-order valence-electron chi connectivity index (χ2n) is 8.92. The van der Waals surface area contributed by atoms with Crippen molar-refractivity contribution in [1.29, 1.82) is 0 Å². The molecule has 180 valence electrons.